The van der Waals surface area contributed by atoms with Crippen molar-refractivity contribution in [2.45, 2.75) is 26.2 Å². The molecule has 0 bridgehead atoms. The summed E-state index contributed by atoms with van der Waals surface area (Å²) in [6.07, 6.45) is -0.379. The maximum absolute atomic E-state index is 9.31. The summed E-state index contributed by atoms with van der Waals surface area (Å²) in [7, 11) is 0. The Kier molecular flexibility index (Phi) is 1.87. The van der Waals surface area contributed by atoms with Gasteiger partial charge in [0.1, 0.15) is 0 Å². The SMILES string of the molecule is CC(O)c1ccc2c(c1)COC2. The molecule has 2 rings (SSSR count). The monoisotopic (exact) mass is 164 g/mol. The summed E-state index contributed by atoms with van der Waals surface area (Å²) >= 11 is 0. The van der Waals surface area contributed by atoms with Crippen molar-refractivity contribution in [3.8, 4) is 0 Å². The predicted octanol–water partition coefficient (Wildman–Crippen LogP) is 1.77. The third-order valence-corrected chi connectivity index (χ3v) is 2.23. The third-order valence-electron chi connectivity index (χ3n) is 2.23. The van der Waals surface area contributed by atoms with Gasteiger partial charge in [-0.25, -0.2) is 0 Å². The van der Waals surface area contributed by atoms with E-state index in [1.807, 2.05) is 18.2 Å². The molecule has 0 saturated carbocycles. The summed E-state index contributed by atoms with van der Waals surface area (Å²) in [6.45, 7) is 3.18. The van der Waals surface area contributed by atoms with Crippen LogP contribution in [0.1, 0.15) is 29.7 Å². The van der Waals surface area contributed by atoms with Crippen LogP contribution >= 0.6 is 0 Å². The van der Waals surface area contributed by atoms with Gasteiger partial charge in [-0.3, -0.25) is 0 Å². The molecule has 0 aliphatic carbocycles. The fraction of sp³-hybridized carbons (Fsp3) is 0.400. The Morgan fingerprint density at radius 3 is 2.83 bits per heavy atom. The molecule has 12 heavy (non-hydrogen) atoms. The fourth-order valence-corrected chi connectivity index (χ4v) is 1.45. The van der Waals surface area contributed by atoms with E-state index in [0.29, 0.717) is 6.61 Å². The Morgan fingerprint density at radius 2 is 2.08 bits per heavy atom. The molecule has 1 heterocycles. The lowest BCUT2D eigenvalue weighted by molar-refractivity contribution is 0.134. The van der Waals surface area contributed by atoms with Crippen LogP contribution in [0, 0.1) is 0 Å². The number of aliphatic hydroxyl groups excluding tert-OH is 1. The molecule has 2 nitrogen and oxygen atoms in total. The maximum Gasteiger partial charge on any atom is 0.0762 e. The third kappa shape index (κ3) is 1.24. The second kappa shape index (κ2) is 2.88. The van der Waals surface area contributed by atoms with Gasteiger partial charge in [-0.05, 0) is 23.6 Å². The molecule has 0 aromatic heterocycles. The number of rotatable bonds is 1. The molecule has 1 unspecified atom stereocenters. The first-order valence-electron chi connectivity index (χ1n) is 4.15. The summed E-state index contributed by atoms with van der Waals surface area (Å²) < 4.78 is 5.27. The van der Waals surface area contributed by atoms with E-state index in [-0.39, 0.29) is 6.10 Å². The van der Waals surface area contributed by atoms with Crippen molar-refractivity contribution in [3.63, 3.8) is 0 Å². The summed E-state index contributed by atoms with van der Waals surface area (Å²) in [5.74, 6) is 0. The van der Waals surface area contributed by atoms with Gasteiger partial charge in [0.05, 0.1) is 19.3 Å². The van der Waals surface area contributed by atoms with Gasteiger partial charge in [-0.2, -0.15) is 0 Å². The highest BCUT2D eigenvalue weighted by Gasteiger charge is 2.12. The molecule has 1 aromatic carbocycles. The fourth-order valence-electron chi connectivity index (χ4n) is 1.45. The predicted molar refractivity (Wildman–Crippen MR) is 45.6 cm³/mol. The van der Waals surface area contributed by atoms with Gasteiger partial charge in [0, 0.05) is 0 Å². The van der Waals surface area contributed by atoms with Gasteiger partial charge < -0.3 is 9.84 Å². The largest absolute Gasteiger partial charge is 0.389 e. The van der Waals surface area contributed by atoms with Crippen molar-refractivity contribution < 1.29 is 9.84 Å². The van der Waals surface area contributed by atoms with E-state index < -0.39 is 0 Å². The molecule has 0 radical (unpaired) electrons. The highest BCUT2D eigenvalue weighted by Crippen LogP contribution is 2.23. The van der Waals surface area contributed by atoms with Crippen LogP contribution in [-0.2, 0) is 18.0 Å². The zero-order chi connectivity index (χ0) is 8.55. The van der Waals surface area contributed by atoms with Gasteiger partial charge in [0.2, 0.25) is 0 Å². The molecule has 1 aliphatic heterocycles. The maximum atomic E-state index is 9.31. The van der Waals surface area contributed by atoms with Crippen LogP contribution in [0.4, 0.5) is 0 Å². The Bertz CT molecular complexity index is 292. The van der Waals surface area contributed by atoms with Crippen LogP contribution in [0.25, 0.3) is 0 Å². The van der Waals surface area contributed by atoms with Crippen LogP contribution in [0.5, 0.6) is 0 Å². The minimum absolute atomic E-state index is 0.379. The van der Waals surface area contributed by atoms with Crippen molar-refractivity contribution in [3.05, 3.63) is 34.9 Å². The molecule has 0 amide bonds. The smallest absolute Gasteiger partial charge is 0.0762 e. The lowest BCUT2D eigenvalue weighted by Crippen LogP contribution is -1.92. The lowest BCUT2D eigenvalue weighted by Gasteiger charge is -2.05. The zero-order valence-corrected chi connectivity index (χ0v) is 7.08. The normalized spacial score (nSPS) is 17.5. The molecule has 0 spiro atoms. The first kappa shape index (κ1) is 7.77. The van der Waals surface area contributed by atoms with Crippen LogP contribution in [-0.4, -0.2) is 5.11 Å². The van der Waals surface area contributed by atoms with Gasteiger partial charge in [0.25, 0.3) is 0 Å². The van der Waals surface area contributed by atoms with Crippen molar-refractivity contribution in [1.29, 1.82) is 0 Å². The molecule has 1 atom stereocenters. The minimum atomic E-state index is -0.379. The number of ether oxygens (including phenoxy) is 1. The first-order chi connectivity index (χ1) is 5.77. The molecule has 0 saturated heterocycles. The van der Waals surface area contributed by atoms with E-state index in [1.165, 1.54) is 11.1 Å². The van der Waals surface area contributed by atoms with E-state index >= 15 is 0 Å². The van der Waals surface area contributed by atoms with Crippen molar-refractivity contribution >= 4 is 0 Å². The summed E-state index contributed by atoms with van der Waals surface area (Å²) in [6, 6.07) is 6.01. The zero-order valence-electron chi connectivity index (χ0n) is 7.08. The van der Waals surface area contributed by atoms with E-state index in [2.05, 4.69) is 0 Å². The van der Waals surface area contributed by atoms with Crippen LogP contribution in [0.3, 0.4) is 0 Å². The Labute approximate surface area is 71.8 Å². The molecular formula is C10H12O2. The molecule has 1 aliphatic rings. The average Bonchev–Trinajstić information content (AvgIpc) is 2.49. The van der Waals surface area contributed by atoms with Gasteiger partial charge in [-0.1, -0.05) is 18.2 Å². The number of fused-ring (bicyclic) bond motifs is 1. The summed E-state index contributed by atoms with van der Waals surface area (Å²) in [4.78, 5) is 0. The second-order valence-electron chi connectivity index (χ2n) is 3.20. The quantitative estimate of drug-likeness (QED) is 0.685. The Hall–Kier alpha value is -0.860. The number of aliphatic hydroxyl groups is 1. The Balaban J connectivity index is 2.39. The second-order valence-corrected chi connectivity index (χ2v) is 3.20. The molecule has 1 N–H and O–H groups in total. The highest BCUT2D eigenvalue weighted by atomic mass is 16.5. The van der Waals surface area contributed by atoms with Crippen molar-refractivity contribution in [2.75, 3.05) is 0 Å². The van der Waals surface area contributed by atoms with Crippen molar-refractivity contribution in [1.82, 2.24) is 0 Å². The van der Waals surface area contributed by atoms with Gasteiger partial charge in [-0.15, -0.1) is 0 Å². The minimum Gasteiger partial charge on any atom is -0.389 e. The molecule has 2 heteroatoms. The number of benzene rings is 1. The van der Waals surface area contributed by atoms with Crippen molar-refractivity contribution in [2.24, 2.45) is 0 Å². The summed E-state index contributed by atoms with van der Waals surface area (Å²) in [5, 5.41) is 9.31. The lowest BCUT2D eigenvalue weighted by atomic mass is 10.0. The Morgan fingerprint density at radius 1 is 1.33 bits per heavy atom. The van der Waals surface area contributed by atoms with Gasteiger partial charge >= 0.3 is 0 Å². The molecule has 0 fully saturated rings. The molecule has 1 aromatic rings. The molecular weight excluding hydrogens is 152 g/mol. The van der Waals surface area contributed by atoms with Crippen LogP contribution < -0.4 is 0 Å². The average molecular weight is 164 g/mol. The van der Waals surface area contributed by atoms with E-state index in [1.54, 1.807) is 6.92 Å². The first-order valence-corrected chi connectivity index (χ1v) is 4.15. The van der Waals surface area contributed by atoms with Crippen LogP contribution in [0.15, 0.2) is 18.2 Å². The standard InChI is InChI=1S/C10H12O2/c1-7(11)8-2-3-9-5-12-6-10(9)4-8/h2-4,7,11H,5-6H2,1H3. The van der Waals surface area contributed by atoms with E-state index in [4.69, 9.17) is 4.74 Å². The van der Waals surface area contributed by atoms with Gasteiger partial charge in [0.15, 0.2) is 0 Å². The van der Waals surface area contributed by atoms with Crippen LogP contribution in [0.2, 0.25) is 0 Å². The van der Waals surface area contributed by atoms with E-state index in [9.17, 15) is 5.11 Å². The summed E-state index contributed by atoms with van der Waals surface area (Å²) in [5.41, 5.74) is 3.44. The number of hydrogen-bond acceptors (Lipinski definition) is 2. The number of hydrogen-bond donors (Lipinski definition) is 1. The van der Waals surface area contributed by atoms with E-state index in [0.717, 1.165) is 12.2 Å². The molecule has 64 valence electrons. The highest BCUT2D eigenvalue weighted by molar-refractivity contribution is 5.33. The topological polar surface area (TPSA) is 29.5 Å².